The van der Waals surface area contributed by atoms with Crippen LogP contribution >= 0.6 is 0 Å². The van der Waals surface area contributed by atoms with Gasteiger partial charge in [0.25, 0.3) is 0 Å². The first kappa shape index (κ1) is 19.6. The van der Waals surface area contributed by atoms with E-state index in [1.165, 1.54) is 6.92 Å². The normalized spacial score (nSPS) is 51.2. The highest BCUT2D eigenvalue weighted by Gasteiger charge is 2.68. The molecule has 0 aromatic rings. The van der Waals surface area contributed by atoms with Crippen LogP contribution in [0.1, 0.15) is 66.7 Å². The molecule has 0 radical (unpaired) electrons. The molecule has 3 saturated carbocycles. The zero-order valence-corrected chi connectivity index (χ0v) is 16.9. The number of ketones is 1. The zero-order chi connectivity index (χ0) is 19.5. The summed E-state index contributed by atoms with van der Waals surface area (Å²) in [4.78, 5) is 25.0. The maximum absolute atomic E-state index is 13.1. The molecule has 0 amide bonds. The van der Waals surface area contributed by atoms with Crippen LogP contribution in [-0.2, 0) is 14.3 Å². The molecule has 0 saturated heterocycles. The second-order valence-corrected chi connectivity index (χ2v) is 9.68. The zero-order valence-electron chi connectivity index (χ0n) is 16.9. The van der Waals surface area contributed by atoms with Gasteiger partial charge in [0.15, 0.2) is 0 Å². The first-order valence-electron chi connectivity index (χ1n) is 10.0. The van der Waals surface area contributed by atoms with Gasteiger partial charge in [-0.15, -0.1) is 6.58 Å². The first-order chi connectivity index (χ1) is 12.0. The van der Waals surface area contributed by atoms with E-state index in [0.29, 0.717) is 12.8 Å². The third-order valence-corrected chi connectivity index (χ3v) is 8.61. The van der Waals surface area contributed by atoms with Crippen molar-refractivity contribution in [2.45, 2.75) is 78.9 Å². The van der Waals surface area contributed by atoms with Crippen molar-refractivity contribution in [1.29, 1.82) is 0 Å². The second-order valence-electron chi connectivity index (χ2n) is 9.68. The average molecular weight is 363 g/mol. The summed E-state index contributed by atoms with van der Waals surface area (Å²) in [5.74, 6) is 0.106. The molecule has 3 aliphatic carbocycles. The molecule has 8 atom stereocenters. The van der Waals surface area contributed by atoms with Crippen molar-refractivity contribution in [3.8, 4) is 0 Å². The van der Waals surface area contributed by atoms with Gasteiger partial charge in [0.2, 0.25) is 0 Å². The van der Waals surface area contributed by atoms with E-state index in [-0.39, 0.29) is 34.9 Å². The Hall–Kier alpha value is -1.16. The highest BCUT2D eigenvalue weighted by Crippen LogP contribution is 2.67. The number of rotatable bonds is 2. The van der Waals surface area contributed by atoms with Crippen molar-refractivity contribution in [2.24, 2.45) is 34.0 Å². The maximum atomic E-state index is 13.1. The van der Waals surface area contributed by atoms with E-state index in [4.69, 9.17) is 4.74 Å². The number of hydrogen-bond donors (Lipinski definition) is 1. The average Bonchev–Trinajstić information content (AvgIpc) is 2.94. The number of esters is 1. The van der Waals surface area contributed by atoms with E-state index in [0.717, 1.165) is 19.3 Å². The minimum atomic E-state index is -0.607. The van der Waals surface area contributed by atoms with Gasteiger partial charge in [-0.25, -0.2) is 0 Å². The van der Waals surface area contributed by atoms with Crippen LogP contribution in [-0.4, -0.2) is 29.1 Å². The van der Waals surface area contributed by atoms with Crippen molar-refractivity contribution < 1.29 is 19.4 Å². The van der Waals surface area contributed by atoms with Gasteiger partial charge >= 0.3 is 5.97 Å². The molecule has 1 N–H and O–H groups in total. The Bertz CT molecular complexity index is 628. The summed E-state index contributed by atoms with van der Waals surface area (Å²) >= 11 is 0. The minimum absolute atomic E-state index is 0.00653. The molecule has 4 heteroatoms. The highest BCUT2D eigenvalue weighted by atomic mass is 16.5. The molecule has 0 spiro atoms. The Balaban J connectivity index is 2.23. The van der Waals surface area contributed by atoms with Crippen molar-refractivity contribution in [1.82, 2.24) is 0 Å². The van der Waals surface area contributed by atoms with Crippen LogP contribution in [0, 0.1) is 34.0 Å². The molecule has 2 bridgehead atoms. The van der Waals surface area contributed by atoms with Gasteiger partial charge in [0.05, 0.1) is 6.10 Å². The molecule has 0 heterocycles. The molecular weight excluding hydrogens is 328 g/mol. The van der Waals surface area contributed by atoms with Gasteiger partial charge in [-0.05, 0) is 42.9 Å². The lowest BCUT2D eigenvalue weighted by Crippen LogP contribution is -2.63. The molecule has 146 valence electrons. The largest absolute Gasteiger partial charge is 0.462 e. The molecule has 3 rings (SSSR count). The van der Waals surface area contributed by atoms with Crippen LogP contribution < -0.4 is 0 Å². The Labute approximate surface area is 157 Å². The Morgan fingerprint density at radius 3 is 2.54 bits per heavy atom. The van der Waals surface area contributed by atoms with Gasteiger partial charge in [0, 0.05) is 30.1 Å². The third kappa shape index (κ3) is 2.44. The number of aliphatic hydroxyl groups is 1. The molecule has 0 aromatic heterocycles. The minimum Gasteiger partial charge on any atom is -0.462 e. The van der Waals surface area contributed by atoms with Crippen molar-refractivity contribution in [2.75, 3.05) is 0 Å². The van der Waals surface area contributed by atoms with E-state index < -0.39 is 23.0 Å². The molecule has 0 aliphatic heterocycles. The number of ether oxygens (including phenoxy) is 1. The molecule has 0 unspecified atom stereocenters. The summed E-state index contributed by atoms with van der Waals surface area (Å²) in [5.41, 5.74) is -1.17. The lowest BCUT2D eigenvalue weighted by atomic mass is 9.44. The van der Waals surface area contributed by atoms with Crippen molar-refractivity contribution >= 4 is 11.8 Å². The Kier molecular flexibility index (Phi) is 4.66. The predicted octanol–water partition coefficient (Wildman–Crippen LogP) is 3.91. The number of Topliss-reactive ketones (excluding diaryl/α,β-unsaturated/α-hetero) is 1. The summed E-state index contributed by atoms with van der Waals surface area (Å²) in [5, 5.41) is 11.3. The fourth-order valence-corrected chi connectivity index (χ4v) is 6.70. The summed E-state index contributed by atoms with van der Waals surface area (Å²) in [6.45, 7) is 13.9. The molecular formula is C22H34O4. The number of hydrogen-bond acceptors (Lipinski definition) is 4. The van der Waals surface area contributed by atoms with Gasteiger partial charge in [-0.2, -0.15) is 0 Å². The summed E-state index contributed by atoms with van der Waals surface area (Å²) < 4.78 is 5.87. The van der Waals surface area contributed by atoms with Gasteiger partial charge in [0.1, 0.15) is 11.9 Å². The van der Waals surface area contributed by atoms with E-state index >= 15 is 0 Å². The summed E-state index contributed by atoms with van der Waals surface area (Å²) in [7, 11) is 0. The molecule has 26 heavy (non-hydrogen) atoms. The molecule has 3 aliphatic rings. The Morgan fingerprint density at radius 1 is 1.31 bits per heavy atom. The van der Waals surface area contributed by atoms with Crippen molar-refractivity contribution in [3.63, 3.8) is 0 Å². The number of aliphatic hydroxyl groups excluding tert-OH is 1. The van der Waals surface area contributed by atoms with Crippen LogP contribution in [0.3, 0.4) is 0 Å². The lowest BCUT2D eigenvalue weighted by molar-refractivity contribution is -0.205. The van der Waals surface area contributed by atoms with Crippen LogP contribution in [0.25, 0.3) is 0 Å². The van der Waals surface area contributed by atoms with Crippen LogP contribution in [0.5, 0.6) is 0 Å². The molecule has 0 aromatic carbocycles. The maximum Gasteiger partial charge on any atom is 0.302 e. The summed E-state index contributed by atoms with van der Waals surface area (Å²) in [6.07, 6.45) is 4.68. The summed E-state index contributed by atoms with van der Waals surface area (Å²) in [6, 6.07) is 0. The lowest BCUT2D eigenvalue weighted by Gasteiger charge is -2.61. The standard InChI is InChI=1S/C22H34O4/c1-7-20(5)12-17(26-15(4)23)21(6)13(2)8-10-22(14(3)19(20)25)11-9-16(24)18(21)22/h7,13-14,17-19,25H,1,8-12H2,2-6H3/t13-,14+,17+,18+,19-,20-,21-,22-/m1/s1. The van der Waals surface area contributed by atoms with E-state index in [9.17, 15) is 14.7 Å². The predicted molar refractivity (Wildman–Crippen MR) is 100 cm³/mol. The van der Waals surface area contributed by atoms with Crippen molar-refractivity contribution in [3.05, 3.63) is 12.7 Å². The van der Waals surface area contributed by atoms with Crippen LogP contribution in [0.2, 0.25) is 0 Å². The quantitative estimate of drug-likeness (QED) is 0.597. The number of carbonyl (C=O) groups is 2. The van der Waals surface area contributed by atoms with Crippen LogP contribution in [0.15, 0.2) is 12.7 Å². The fourth-order valence-electron chi connectivity index (χ4n) is 6.70. The van der Waals surface area contributed by atoms with E-state index in [1.807, 2.05) is 13.0 Å². The van der Waals surface area contributed by atoms with E-state index in [2.05, 4.69) is 27.4 Å². The van der Waals surface area contributed by atoms with E-state index in [1.54, 1.807) is 0 Å². The number of carbonyl (C=O) groups excluding carboxylic acids is 2. The molecule has 4 nitrogen and oxygen atoms in total. The van der Waals surface area contributed by atoms with Gasteiger partial charge < -0.3 is 9.84 Å². The monoisotopic (exact) mass is 362 g/mol. The fraction of sp³-hybridized carbons (Fsp3) is 0.818. The first-order valence-corrected chi connectivity index (χ1v) is 10.0. The SMILES string of the molecule is C=C[C@]1(C)C[C@H](OC(C)=O)[C@@]2(C)[C@H](C)CC[C@@]3(CCC(=O)[C@H]32)[C@@H](C)[C@H]1O. The highest BCUT2D eigenvalue weighted by molar-refractivity contribution is 5.85. The third-order valence-electron chi connectivity index (χ3n) is 8.61. The smallest absolute Gasteiger partial charge is 0.302 e. The second kappa shape index (κ2) is 6.19. The van der Waals surface area contributed by atoms with Crippen LogP contribution in [0.4, 0.5) is 0 Å². The molecule has 3 fully saturated rings. The van der Waals surface area contributed by atoms with Gasteiger partial charge in [-0.3, -0.25) is 9.59 Å². The topological polar surface area (TPSA) is 63.6 Å². The van der Waals surface area contributed by atoms with Gasteiger partial charge in [-0.1, -0.05) is 33.8 Å². The Morgan fingerprint density at radius 2 is 1.96 bits per heavy atom.